The quantitative estimate of drug-likeness (QED) is 0.716. The zero-order valence-electron chi connectivity index (χ0n) is 9.56. The van der Waals surface area contributed by atoms with E-state index in [0.29, 0.717) is 11.1 Å². The van der Waals surface area contributed by atoms with E-state index in [2.05, 4.69) is 10.1 Å². The van der Waals surface area contributed by atoms with Gasteiger partial charge in [-0.15, -0.1) is 0 Å². The predicted molar refractivity (Wildman–Crippen MR) is 60.4 cm³/mol. The van der Waals surface area contributed by atoms with E-state index in [4.69, 9.17) is 0 Å². The van der Waals surface area contributed by atoms with Gasteiger partial charge in [-0.2, -0.15) is 5.10 Å². The van der Waals surface area contributed by atoms with Crippen molar-refractivity contribution >= 4 is 5.78 Å². The van der Waals surface area contributed by atoms with Crippen molar-refractivity contribution in [3.05, 3.63) is 47.0 Å². The molecule has 0 aliphatic carbocycles. The summed E-state index contributed by atoms with van der Waals surface area (Å²) < 4.78 is 1.62. The third-order valence-corrected chi connectivity index (χ3v) is 2.44. The summed E-state index contributed by atoms with van der Waals surface area (Å²) in [6.45, 7) is 3.75. The van der Waals surface area contributed by atoms with Crippen molar-refractivity contribution in [1.82, 2.24) is 14.8 Å². The molecule has 0 amide bonds. The van der Waals surface area contributed by atoms with E-state index in [-0.39, 0.29) is 5.78 Å². The van der Waals surface area contributed by atoms with E-state index in [9.17, 15) is 4.79 Å². The summed E-state index contributed by atoms with van der Waals surface area (Å²) in [7, 11) is 1.79. The Kier molecular flexibility index (Phi) is 2.56. The van der Waals surface area contributed by atoms with Gasteiger partial charge in [0.2, 0.25) is 0 Å². The minimum Gasteiger partial charge on any atom is -0.288 e. The number of hydrogen-bond donors (Lipinski definition) is 0. The average molecular weight is 215 g/mol. The van der Waals surface area contributed by atoms with Crippen LogP contribution in [0, 0.1) is 13.8 Å². The van der Waals surface area contributed by atoms with Crippen LogP contribution < -0.4 is 0 Å². The van der Waals surface area contributed by atoms with Crippen molar-refractivity contribution in [3.63, 3.8) is 0 Å². The van der Waals surface area contributed by atoms with Gasteiger partial charge in [-0.25, -0.2) is 0 Å². The minimum atomic E-state index is -0.0295. The lowest BCUT2D eigenvalue weighted by molar-refractivity contribution is 0.103. The van der Waals surface area contributed by atoms with Crippen LogP contribution in [0.4, 0.5) is 0 Å². The Balaban J connectivity index is 2.41. The third kappa shape index (κ3) is 1.86. The number of pyridine rings is 1. The fraction of sp³-hybridized carbons (Fsp3) is 0.250. The van der Waals surface area contributed by atoms with Crippen LogP contribution >= 0.6 is 0 Å². The van der Waals surface area contributed by atoms with Crippen molar-refractivity contribution in [1.29, 1.82) is 0 Å². The number of hydrogen-bond acceptors (Lipinski definition) is 3. The molecule has 0 unspecified atom stereocenters. The highest BCUT2D eigenvalue weighted by Gasteiger charge is 2.13. The molecule has 2 aromatic rings. The monoisotopic (exact) mass is 215 g/mol. The van der Waals surface area contributed by atoms with E-state index < -0.39 is 0 Å². The molecule has 4 heteroatoms. The summed E-state index contributed by atoms with van der Waals surface area (Å²) in [5.41, 5.74) is 2.91. The van der Waals surface area contributed by atoms with Crippen LogP contribution in [0.1, 0.15) is 27.3 Å². The molecule has 0 saturated carbocycles. The number of rotatable bonds is 2. The number of aryl methyl sites for hydroxylation is 3. The summed E-state index contributed by atoms with van der Waals surface area (Å²) in [4.78, 5) is 16.4. The van der Waals surface area contributed by atoms with Crippen LogP contribution in [-0.4, -0.2) is 20.5 Å². The molecule has 0 N–H and O–H groups in total. The van der Waals surface area contributed by atoms with Crippen LogP contribution in [0.25, 0.3) is 0 Å². The lowest BCUT2D eigenvalue weighted by Gasteiger charge is -2.03. The zero-order chi connectivity index (χ0) is 11.7. The van der Waals surface area contributed by atoms with Crippen molar-refractivity contribution in [3.8, 4) is 0 Å². The Hall–Kier alpha value is -1.97. The molecule has 0 aromatic carbocycles. The summed E-state index contributed by atoms with van der Waals surface area (Å²) in [6.07, 6.45) is 3.28. The Morgan fingerprint density at radius 1 is 1.31 bits per heavy atom. The highest BCUT2D eigenvalue weighted by atomic mass is 16.1. The number of carbonyl (C=O) groups excluding carboxylic acids is 1. The smallest absolute Gasteiger partial charge is 0.198 e. The highest BCUT2D eigenvalue weighted by molar-refractivity contribution is 6.09. The maximum atomic E-state index is 12.1. The second kappa shape index (κ2) is 3.89. The molecule has 0 bridgehead atoms. The molecule has 2 heterocycles. The second-order valence-electron chi connectivity index (χ2n) is 3.82. The number of nitrogens with zero attached hydrogens (tertiary/aromatic N) is 3. The molecule has 0 atom stereocenters. The molecule has 0 fully saturated rings. The Morgan fingerprint density at radius 2 is 2.06 bits per heavy atom. The van der Waals surface area contributed by atoms with E-state index in [1.807, 2.05) is 26.0 Å². The fourth-order valence-electron chi connectivity index (χ4n) is 1.62. The summed E-state index contributed by atoms with van der Waals surface area (Å²) in [6, 6.07) is 3.66. The summed E-state index contributed by atoms with van der Waals surface area (Å²) in [5.74, 6) is -0.0295. The van der Waals surface area contributed by atoms with Gasteiger partial charge in [0.15, 0.2) is 5.78 Å². The molecule has 2 aromatic heterocycles. The van der Waals surface area contributed by atoms with Gasteiger partial charge in [0.05, 0.1) is 11.8 Å². The molecular formula is C12H13N3O. The fourth-order valence-corrected chi connectivity index (χ4v) is 1.62. The lowest BCUT2D eigenvalue weighted by Crippen LogP contribution is -2.04. The van der Waals surface area contributed by atoms with Crippen molar-refractivity contribution in [2.75, 3.05) is 0 Å². The minimum absolute atomic E-state index is 0.0295. The van der Waals surface area contributed by atoms with Crippen LogP contribution in [0.3, 0.4) is 0 Å². The molecule has 2 rings (SSSR count). The van der Waals surface area contributed by atoms with Crippen molar-refractivity contribution < 1.29 is 4.79 Å². The average Bonchev–Trinajstić information content (AvgIpc) is 2.64. The first-order valence-electron chi connectivity index (χ1n) is 5.05. The standard InChI is InChI=1S/C12H13N3O/c1-8-4-5-11(9(2)14-8)12(16)10-6-13-15(3)7-10/h4-7H,1-3H3. The van der Waals surface area contributed by atoms with Gasteiger partial charge < -0.3 is 0 Å². The maximum Gasteiger partial charge on any atom is 0.198 e. The molecule has 0 saturated heterocycles. The Morgan fingerprint density at radius 3 is 2.62 bits per heavy atom. The van der Waals surface area contributed by atoms with Crippen molar-refractivity contribution in [2.45, 2.75) is 13.8 Å². The number of carbonyl (C=O) groups is 1. The molecule has 82 valence electrons. The van der Waals surface area contributed by atoms with Gasteiger partial charge >= 0.3 is 0 Å². The maximum absolute atomic E-state index is 12.1. The molecule has 0 aliphatic heterocycles. The van der Waals surface area contributed by atoms with E-state index in [0.717, 1.165) is 11.4 Å². The van der Waals surface area contributed by atoms with E-state index in [1.165, 1.54) is 0 Å². The Bertz CT molecular complexity index is 543. The normalized spacial score (nSPS) is 10.4. The molecule has 0 spiro atoms. The first-order valence-corrected chi connectivity index (χ1v) is 5.05. The van der Waals surface area contributed by atoms with Gasteiger partial charge in [0, 0.05) is 30.2 Å². The lowest BCUT2D eigenvalue weighted by atomic mass is 10.1. The van der Waals surface area contributed by atoms with Crippen LogP contribution in [-0.2, 0) is 7.05 Å². The first-order chi connectivity index (χ1) is 7.58. The second-order valence-corrected chi connectivity index (χ2v) is 3.82. The SMILES string of the molecule is Cc1ccc(C(=O)c2cnn(C)c2)c(C)n1. The molecular weight excluding hydrogens is 202 g/mol. The summed E-state index contributed by atoms with van der Waals surface area (Å²) in [5, 5.41) is 3.99. The highest BCUT2D eigenvalue weighted by Crippen LogP contribution is 2.12. The van der Waals surface area contributed by atoms with E-state index >= 15 is 0 Å². The number of aromatic nitrogens is 3. The first kappa shape index (κ1) is 10.5. The summed E-state index contributed by atoms with van der Waals surface area (Å²) >= 11 is 0. The van der Waals surface area contributed by atoms with Gasteiger partial charge in [-0.05, 0) is 26.0 Å². The van der Waals surface area contributed by atoms with Gasteiger partial charge in [-0.3, -0.25) is 14.5 Å². The van der Waals surface area contributed by atoms with Crippen molar-refractivity contribution in [2.24, 2.45) is 7.05 Å². The molecule has 0 aliphatic rings. The van der Waals surface area contributed by atoms with E-state index in [1.54, 1.807) is 24.1 Å². The molecule has 0 radical (unpaired) electrons. The van der Waals surface area contributed by atoms with Crippen LogP contribution in [0.2, 0.25) is 0 Å². The van der Waals surface area contributed by atoms with Gasteiger partial charge in [0.1, 0.15) is 0 Å². The largest absolute Gasteiger partial charge is 0.288 e. The van der Waals surface area contributed by atoms with Gasteiger partial charge in [0.25, 0.3) is 0 Å². The molecule has 16 heavy (non-hydrogen) atoms. The van der Waals surface area contributed by atoms with Crippen LogP contribution in [0.5, 0.6) is 0 Å². The number of ketones is 1. The zero-order valence-corrected chi connectivity index (χ0v) is 9.56. The van der Waals surface area contributed by atoms with Crippen LogP contribution in [0.15, 0.2) is 24.5 Å². The third-order valence-electron chi connectivity index (χ3n) is 2.44. The van der Waals surface area contributed by atoms with Gasteiger partial charge in [-0.1, -0.05) is 0 Å². The topological polar surface area (TPSA) is 47.8 Å². The Labute approximate surface area is 93.9 Å². The predicted octanol–water partition coefficient (Wildman–Crippen LogP) is 1.66. The molecule has 4 nitrogen and oxygen atoms in total.